The average molecular weight is 1120 g/mol. The molecule has 31 nitrogen and oxygen atoms in total. The van der Waals surface area contributed by atoms with Crippen molar-refractivity contribution in [1.82, 2.24) is 42.5 Å². The first-order valence-electron chi connectivity index (χ1n) is 24.9. The van der Waals surface area contributed by atoms with Crippen LogP contribution in [0.5, 0.6) is 0 Å². The van der Waals surface area contributed by atoms with Gasteiger partial charge in [0.15, 0.2) is 11.9 Å². The summed E-state index contributed by atoms with van der Waals surface area (Å²) in [7, 11) is 0. The predicted molar refractivity (Wildman–Crippen MR) is 282 cm³/mol. The van der Waals surface area contributed by atoms with Crippen LogP contribution >= 0.6 is 11.8 Å². The number of aliphatic imine (C=N–C) groups is 2. The molecule has 0 aliphatic carbocycles. The lowest BCUT2D eigenvalue weighted by Gasteiger charge is -2.27. The van der Waals surface area contributed by atoms with E-state index in [0.29, 0.717) is 6.42 Å². The minimum atomic E-state index is -1.64. The van der Waals surface area contributed by atoms with Gasteiger partial charge in [-0.2, -0.15) is 11.8 Å². The van der Waals surface area contributed by atoms with Crippen molar-refractivity contribution in [3.8, 4) is 0 Å². The van der Waals surface area contributed by atoms with Crippen molar-refractivity contribution in [1.29, 1.82) is 0 Å². The van der Waals surface area contributed by atoms with Gasteiger partial charge in [0, 0.05) is 38.9 Å². The number of guanidine groups is 2. The van der Waals surface area contributed by atoms with Crippen molar-refractivity contribution < 1.29 is 72.9 Å². The Balaban J connectivity index is 6.83. The lowest BCUT2D eigenvalue weighted by atomic mass is 10.0. The molecule has 0 saturated heterocycles. The van der Waals surface area contributed by atoms with E-state index in [4.69, 9.17) is 39.5 Å². The highest BCUT2D eigenvalue weighted by Crippen LogP contribution is 2.10. The Bertz CT molecular complexity index is 2060. The van der Waals surface area contributed by atoms with Crippen molar-refractivity contribution >= 4 is 94.8 Å². The summed E-state index contributed by atoms with van der Waals surface area (Å²) < 4.78 is 0. The number of hydrogen-bond acceptors (Lipinski definition) is 16. The van der Waals surface area contributed by atoms with E-state index in [-0.39, 0.29) is 75.8 Å². The number of aliphatic carboxylic acids is 3. The van der Waals surface area contributed by atoms with Gasteiger partial charge < -0.3 is 92.3 Å². The number of carboxylic acid groups (broad SMARTS) is 3. The fourth-order valence-corrected chi connectivity index (χ4v) is 7.34. The number of nitrogens with zero attached hydrogens (tertiary/aromatic N) is 2. The molecule has 0 heterocycles. The number of carbonyl (C=O) groups is 12. The van der Waals surface area contributed by atoms with Crippen LogP contribution in [-0.4, -0.2) is 178 Å². The number of nitrogens with one attached hydrogen (secondary N) is 8. The smallest absolute Gasteiger partial charge is 0.305 e. The number of carboxylic acids is 3. The molecule has 0 radical (unpaired) electrons. The molecular formula is C45H80N16O15S. The third-order valence-electron chi connectivity index (χ3n) is 11.1. The Hall–Kier alpha value is -7.51. The molecule has 0 aliphatic rings. The van der Waals surface area contributed by atoms with E-state index in [0.717, 1.165) is 19.3 Å². The molecule has 0 saturated carbocycles. The zero-order valence-electron chi connectivity index (χ0n) is 43.8. The van der Waals surface area contributed by atoms with Crippen molar-refractivity contribution in [3.63, 3.8) is 0 Å². The number of carbonyl (C=O) groups excluding carboxylic acids is 9. The molecule has 77 heavy (non-hydrogen) atoms. The normalized spacial score (nSPS) is 13.9. The first-order chi connectivity index (χ1) is 36.2. The molecule has 8 atom stereocenters. The van der Waals surface area contributed by atoms with E-state index >= 15 is 0 Å². The van der Waals surface area contributed by atoms with Gasteiger partial charge in [-0.05, 0) is 76.7 Å². The highest BCUT2D eigenvalue weighted by Gasteiger charge is 2.34. The van der Waals surface area contributed by atoms with Crippen molar-refractivity contribution in [3.05, 3.63) is 0 Å². The summed E-state index contributed by atoms with van der Waals surface area (Å²) in [6.45, 7) is 3.39. The van der Waals surface area contributed by atoms with Gasteiger partial charge in [-0.1, -0.05) is 26.2 Å². The first kappa shape index (κ1) is 69.5. The summed E-state index contributed by atoms with van der Waals surface area (Å²) in [6, 6.07) is -12.0. The number of thioether (sulfide) groups is 1. The molecule has 32 heteroatoms. The molecule has 0 fully saturated rings. The van der Waals surface area contributed by atoms with Gasteiger partial charge in [-0.15, -0.1) is 0 Å². The minimum Gasteiger partial charge on any atom is -0.481 e. The van der Waals surface area contributed by atoms with Crippen LogP contribution in [0.1, 0.15) is 117 Å². The lowest BCUT2D eigenvalue weighted by molar-refractivity contribution is -0.141. The Morgan fingerprint density at radius 2 is 0.883 bits per heavy atom. The Kier molecular flexibility index (Phi) is 35.2. The summed E-state index contributed by atoms with van der Waals surface area (Å²) in [5.41, 5.74) is 33.1. The Morgan fingerprint density at radius 1 is 0.468 bits per heavy atom. The van der Waals surface area contributed by atoms with Gasteiger partial charge in [-0.25, -0.2) is 0 Å². The molecule has 0 aromatic rings. The van der Waals surface area contributed by atoms with Gasteiger partial charge in [-0.3, -0.25) is 67.5 Å². The van der Waals surface area contributed by atoms with Gasteiger partial charge >= 0.3 is 17.9 Å². The van der Waals surface area contributed by atoms with E-state index in [9.17, 15) is 67.7 Å². The second kappa shape index (κ2) is 39.0. The quantitative estimate of drug-likeness (QED) is 0.0154. The number of primary amides is 1. The Labute approximate surface area is 449 Å². The van der Waals surface area contributed by atoms with Gasteiger partial charge in [0.2, 0.25) is 53.2 Å². The monoisotopic (exact) mass is 1120 g/mol. The summed E-state index contributed by atoms with van der Waals surface area (Å²) in [4.78, 5) is 163. The maximum atomic E-state index is 14.2. The van der Waals surface area contributed by atoms with E-state index in [1.165, 1.54) is 18.7 Å². The molecule has 9 amide bonds. The third-order valence-corrected chi connectivity index (χ3v) is 11.7. The summed E-state index contributed by atoms with van der Waals surface area (Å²) >= 11 is 1.26. The lowest BCUT2D eigenvalue weighted by Crippen LogP contribution is -2.60. The second-order valence-corrected chi connectivity index (χ2v) is 18.7. The second-order valence-electron chi connectivity index (χ2n) is 17.7. The Morgan fingerprint density at radius 3 is 1.31 bits per heavy atom. The van der Waals surface area contributed by atoms with Crippen LogP contribution in [0.15, 0.2) is 9.98 Å². The van der Waals surface area contributed by atoms with Gasteiger partial charge in [0.05, 0.1) is 12.5 Å². The molecule has 0 spiro atoms. The van der Waals surface area contributed by atoms with Crippen molar-refractivity contribution in [2.24, 2.45) is 44.4 Å². The molecule has 436 valence electrons. The zero-order chi connectivity index (χ0) is 58.6. The number of nitrogens with two attached hydrogens (primary N) is 6. The van der Waals surface area contributed by atoms with E-state index < -0.39 is 158 Å². The summed E-state index contributed by atoms with van der Waals surface area (Å²) in [6.07, 6.45) is 0.958. The van der Waals surface area contributed by atoms with Crippen LogP contribution in [0.4, 0.5) is 0 Å². The van der Waals surface area contributed by atoms with Crippen LogP contribution in [0.2, 0.25) is 0 Å². The summed E-state index contributed by atoms with van der Waals surface area (Å²) in [5.74, 6) is -12.9. The molecular weight excluding hydrogens is 1040 g/mol. The molecule has 0 aromatic heterocycles. The highest BCUT2D eigenvalue weighted by molar-refractivity contribution is 7.98. The fraction of sp³-hybridized carbons (Fsp3) is 0.689. The maximum absolute atomic E-state index is 14.2. The fourth-order valence-electron chi connectivity index (χ4n) is 6.87. The van der Waals surface area contributed by atoms with E-state index in [1.54, 1.807) is 6.26 Å². The molecule has 0 unspecified atom stereocenters. The molecule has 23 N–H and O–H groups in total. The predicted octanol–water partition coefficient (Wildman–Crippen LogP) is -5.25. The summed E-state index contributed by atoms with van der Waals surface area (Å²) in [5, 5.41) is 47.4. The van der Waals surface area contributed by atoms with E-state index in [2.05, 4.69) is 52.5 Å². The largest absolute Gasteiger partial charge is 0.481 e. The van der Waals surface area contributed by atoms with Crippen LogP contribution in [0, 0.1) is 0 Å². The number of hydrogen-bond donors (Lipinski definition) is 17. The minimum absolute atomic E-state index is 0.0266. The van der Waals surface area contributed by atoms with Crippen LogP contribution in [0.25, 0.3) is 0 Å². The number of rotatable bonds is 42. The third kappa shape index (κ3) is 32.5. The van der Waals surface area contributed by atoms with E-state index in [1.807, 2.05) is 6.92 Å². The highest BCUT2D eigenvalue weighted by atomic mass is 32.2. The number of amides is 9. The zero-order valence-corrected chi connectivity index (χ0v) is 44.6. The molecule has 0 bridgehead atoms. The first-order valence-corrected chi connectivity index (χ1v) is 26.3. The number of unbranched alkanes of at least 4 members (excludes halogenated alkanes) is 3. The molecule has 0 aromatic carbocycles. The van der Waals surface area contributed by atoms with Crippen LogP contribution in [-0.2, 0) is 57.5 Å². The van der Waals surface area contributed by atoms with Crippen molar-refractivity contribution in [2.45, 2.75) is 165 Å². The van der Waals surface area contributed by atoms with Crippen LogP contribution in [0.3, 0.4) is 0 Å². The van der Waals surface area contributed by atoms with Gasteiger partial charge in [0.25, 0.3) is 0 Å². The standard InChI is InChI=1S/C45H80N16O15S/c1-4-5-6-7-19-52-38(71)31(23-35(67)68)61-36(69)24(2)55-39(72)26(10-8-20-53-44(48)49)57-40(73)27(11-9-21-54-45(50)51)58-41(74)28(13-15-32(47)62)59-43(76)30(18-22-77-3)60-42(75)29(14-17-34(65)66)56-37(70)25(46)12-16-33(63)64/h24-31H,4-23,46H2,1-3H3,(H2,47,62)(H,52,71)(H,55,72)(H,56,70)(H,57,73)(H,58,74)(H,59,76)(H,60,75)(H,61,69)(H,63,64)(H,65,66)(H,67,68)(H4,48,49,53)(H4,50,51,54)/t24-,25-,26-,27-,28-,29-,30-,31-/m0/s1. The van der Waals surface area contributed by atoms with Gasteiger partial charge in [0.1, 0.15) is 42.3 Å². The maximum Gasteiger partial charge on any atom is 0.305 e. The van der Waals surface area contributed by atoms with Crippen LogP contribution < -0.4 is 76.9 Å². The van der Waals surface area contributed by atoms with Crippen molar-refractivity contribution in [2.75, 3.05) is 31.6 Å². The average Bonchev–Trinajstić information content (AvgIpc) is 3.34. The molecule has 0 rings (SSSR count). The molecule has 0 aliphatic heterocycles. The topological polar surface area (TPSA) is 543 Å². The SMILES string of the molecule is CCCCCCNC(=O)[C@H](CC(=O)O)NC(=O)[C@H](C)NC(=O)[C@H](CCCN=C(N)N)NC(=O)[C@H](CCCN=C(N)N)NC(=O)[C@H](CCC(N)=O)NC(=O)[C@H](CCSC)NC(=O)[C@H](CCC(=O)O)NC(=O)[C@@H](N)CCC(=O)O.